The summed E-state index contributed by atoms with van der Waals surface area (Å²) in [7, 11) is 0. The molecule has 0 aliphatic heterocycles. The molecule has 0 saturated heterocycles. The average Bonchev–Trinajstić information content (AvgIpc) is 2.52. The van der Waals surface area contributed by atoms with Crippen molar-refractivity contribution in [2.75, 3.05) is 5.32 Å². The van der Waals surface area contributed by atoms with Crippen LogP contribution in [0.1, 0.15) is 20.3 Å². The van der Waals surface area contributed by atoms with Crippen molar-refractivity contribution >= 4 is 22.4 Å². The second-order valence-corrected chi connectivity index (χ2v) is 4.68. The van der Waals surface area contributed by atoms with Crippen LogP contribution >= 0.6 is 11.3 Å². The van der Waals surface area contributed by atoms with E-state index in [0.717, 1.165) is 25.2 Å². The molecule has 0 atom stereocenters. The van der Waals surface area contributed by atoms with E-state index < -0.39 is 23.9 Å². The zero-order chi connectivity index (χ0) is 12.4. The molecule has 90 valence electrons. The molecule has 1 rings (SSSR count). The lowest BCUT2D eigenvalue weighted by Gasteiger charge is -2.26. The molecule has 0 aliphatic carbocycles. The summed E-state index contributed by atoms with van der Waals surface area (Å²) in [6, 6.07) is 0. The van der Waals surface area contributed by atoms with Crippen molar-refractivity contribution in [1.29, 1.82) is 0 Å². The van der Waals surface area contributed by atoms with Crippen molar-refractivity contribution in [2.45, 2.75) is 26.4 Å². The van der Waals surface area contributed by atoms with E-state index in [1.54, 1.807) is 0 Å². The molecule has 0 saturated carbocycles. The van der Waals surface area contributed by atoms with Crippen molar-refractivity contribution in [3.63, 3.8) is 0 Å². The first-order valence-electron chi connectivity index (χ1n) is 4.35. The Morgan fingerprint density at radius 2 is 2.12 bits per heavy atom. The van der Waals surface area contributed by atoms with Crippen LogP contribution in [-0.2, 0) is 4.79 Å². The number of halogens is 3. The van der Waals surface area contributed by atoms with Crippen LogP contribution < -0.4 is 5.32 Å². The average molecular weight is 253 g/mol. The standard InChI is InChI=1S/C8H10F3N3OS/c1-7(2,8(9,10)11)3-5(15)13-6-14-12-4-16-6/h4H,3H2,1-2H3,(H,13,14,15). The van der Waals surface area contributed by atoms with Gasteiger partial charge in [0.05, 0.1) is 5.41 Å². The highest BCUT2D eigenvalue weighted by Crippen LogP contribution is 2.40. The van der Waals surface area contributed by atoms with Crippen LogP contribution in [0.2, 0.25) is 0 Å². The second kappa shape index (κ2) is 4.36. The molecular weight excluding hydrogens is 243 g/mol. The number of hydrogen-bond donors (Lipinski definition) is 1. The summed E-state index contributed by atoms with van der Waals surface area (Å²) < 4.78 is 37.4. The second-order valence-electron chi connectivity index (χ2n) is 3.85. The molecule has 0 unspecified atom stereocenters. The van der Waals surface area contributed by atoms with Gasteiger partial charge in [0.15, 0.2) is 0 Å². The molecule has 1 N–H and O–H groups in total. The van der Waals surface area contributed by atoms with Crippen LogP contribution in [0.5, 0.6) is 0 Å². The van der Waals surface area contributed by atoms with Crippen molar-refractivity contribution < 1.29 is 18.0 Å². The molecule has 1 aromatic heterocycles. The number of amides is 1. The van der Waals surface area contributed by atoms with Gasteiger partial charge in [-0.1, -0.05) is 25.2 Å². The number of carbonyl (C=O) groups is 1. The van der Waals surface area contributed by atoms with Crippen LogP contribution in [0.4, 0.5) is 18.3 Å². The lowest BCUT2D eigenvalue weighted by atomic mass is 9.88. The Kier molecular flexibility index (Phi) is 3.51. The predicted octanol–water partition coefficient (Wildman–Crippen LogP) is 2.46. The SMILES string of the molecule is CC(C)(CC(=O)Nc1nncs1)C(F)(F)F. The highest BCUT2D eigenvalue weighted by molar-refractivity contribution is 7.13. The van der Waals surface area contributed by atoms with Gasteiger partial charge in [-0.05, 0) is 0 Å². The van der Waals surface area contributed by atoms with E-state index in [0.29, 0.717) is 0 Å². The number of anilines is 1. The third-order valence-electron chi connectivity index (χ3n) is 1.98. The van der Waals surface area contributed by atoms with Gasteiger partial charge in [0, 0.05) is 6.42 Å². The number of hydrogen-bond acceptors (Lipinski definition) is 4. The molecule has 0 aromatic carbocycles. The maximum atomic E-state index is 12.5. The molecule has 0 radical (unpaired) electrons. The van der Waals surface area contributed by atoms with Gasteiger partial charge in [-0.15, -0.1) is 10.2 Å². The Morgan fingerprint density at radius 1 is 1.50 bits per heavy atom. The molecule has 1 amide bonds. The van der Waals surface area contributed by atoms with Gasteiger partial charge in [0.2, 0.25) is 11.0 Å². The van der Waals surface area contributed by atoms with Crippen molar-refractivity contribution in [2.24, 2.45) is 5.41 Å². The maximum Gasteiger partial charge on any atom is 0.394 e. The molecule has 8 heteroatoms. The van der Waals surface area contributed by atoms with Crippen molar-refractivity contribution in [3.05, 3.63) is 5.51 Å². The van der Waals surface area contributed by atoms with Crippen LogP contribution in [0.3, 0.4) is 0 Å². The first-order chi connectivity index (χ1) is 7.22. The molecule has 1 heterocycles. The van der Waals surface area contributed by atoms with E-state index >= 15 is 0 Å². The summed E-state index contributed by atoms with van der Waals surface area (Å²) >= 11 is 1.05. The van der Waals surface area contributed by atoms with E-state index in [-0.39, 0.29) is 5.13 Å². The lowest BCUT2D eigenvalue weighted by Crippen LogP contribution is -2.35. The minimum Gasteiger partial charge on any atom is -0.301 e. The minimum absolute atomic E-state index is 0.197. The monoisotopic (exact) mass is 253 g/mol. The Balaban J connectivity index is 2.58. The van der Waals surface area contributed by atoms with Gasteiger partial charge in [-0.3, -0.25) is 4.79 Å². The summed E-state index contributed by atoms with van der Waals surface area (Å²) in [4.78, 5) is 11.3. The maximum absolute atomic E-state index is 12.5. The number of aromatic nitrogens is 2. The van der Waals surface area contributed by atoms with Gasteiger partial charge >= 0.3 is 6.18 Å². The molecular formula is C8H10F3N3OS. The molecule has 0 bridgehead atoms. The molecule has 1 aromatic rings. The molecule has 0 aliphatic rings. The van der Waals surface area contributed by atoms with Gasteiger partial charge in [-0.2, -0.15) is 13.2 Å². The fraction of sp³-hybridized carbons (Fsp3) is 0.625. The summed E-state index contributed by atoms with van der Waals surface area (Å²) in [5.41, 5.74) is -0.674. The predicted molar refractivity (Wildman–Crippen MR) is 53.0 cm³/mol. The fourth-order valence-electron chi connectivity index (χ4n) is 0.893. The number of rotatable bonds is 3. The minimum atomic E-state index is -4.41. The largest absolute Gasteiger partial charge is 0.394 e. The third-order valence-corrected chi connectivity index (χ3v) is 2.58. The van der Waals surface area contributed by atoms with E-state index in [2.05, 4.69) is 15.5 Å². The fourth-order valence-corrected chi connectivity index (χ4v) is 1.35. The van der Waals surface area contributed by atoms with Crippen LogP contribution in [0.15, 0.2) is 5.51 Å². The summed E-state index contributed by atoms with van der Waals surface area (Å²) in [6.45, 7) is 1.96. The number of carbonyl (C=O) groups excluding carboxylic acids is 1. The smallest absolute Gasteiger partial charge is 0.301 e. The van der Waals surface area contributed by atoms with E-state index in [9.17, 15) is 18.0 Å². The highest BCUT2D eigenvalue weighted by Gasteiger charge is 2.48. The van der Waals surface area contributed by atoms with E-state index in [1.807, 2.05) is 0 Å². The first kappa shape index (κ1) is 12.9. The Hall–Kier alpha value is -1.18. The number of nitrogens with one attached hydrogen (secondary N) is 1. The van der Waals surface area contributed by atoms with Crippen molar-refractivity contribution in [1.82, 2.24) is 10.2 Å². The number of alkyl halides is 3. The summed E-state index contributed by atoms with van der Waals surface area (Å²) in [5, 5.41) is 9.41. The normalized spacial score (nSPS) is 12.6. The Labute approximate surface area is 93.9 Å². The quantitative estimate of drug-likeness (QED) is 0.900. The highest BCUT2D eigenvalue weighted by atomic mass is 32.1. The molecule has 4 nitrogen and oxygen atoms in total. The van der Waals surface area contributed by atoms with Gasteiger partial charge < -0.3 is 5.32 Å². The van der Waals surface area contributed by atoms with Crippen molar-refractivity contribution in [3.8, 4) is 0 Å². The van der Waals surface area contributed by atoms with Crippen LogP contribution in [0.25, 0.3) is 0 Å². The zero-order valence-electron chi connectivity index (χ0n) is 8.63. The van der Waals surface area contributed by atoms with E-state index in [4.69, 9.17) is 0 Å². The van der Waals surface area contributed by atoms with Crippen LogP contribution in [0, 0.1) is 5.41 Å². The lowest BCUT2D eigenvalue weighted by molar-refractivity contribution is -0.213. The summed E-state index contributed by atoms with van der Waals surface area (Å²) in [5.74, 6) is -0.723. The van der Waals surface area contributed by atoms with Gasteiger partial charge in [0.1, 0.15) is 5.51 Å². The molecule has 0 fully saturated rings. The van der Waals surface area contributed by atoms with Gasteiger partial charge in [-0.25, -0.2) is 0 Å². The zero-order valence-corrected chi connectivity index (χ0v) is 9.45. The first-order valence-corrected chi connectivity index (χ1v) is 5.23. The Bertz CT molecular complexity index is 361. The Morgan fingerprint density at radius 3 is 2.56 bits per heavy atom. The third kappa shape index (κ3) is 3.16. The molecule has 0 spiro atoms. The number of nitrogens with zero attached hydrogens (tertiary/aromatic N) is 2. The molecule has 16 heavy (non-hydrogen) atoms. The van der Waals surface area contributed by atoms with Gasteiger partial charge in [0.25, 0.3) is 0 Å². The van der Waals surface area contributed by atoms with E-state index in [1.165, 1.54) is 5.51 Å². The topological polar surface area (TPSA) is 54.9 Å². The van der Waals surface area contributed by atoms with Crippen LogP contribution in [-0.4, -0.2) is 22.3 Å². The summed E-state index contributed by atoms with van der Waals surface area (Å²) in [6.07, 6.45) is -5.05.